The first kappa shape index (κ1) is 18.7. The van der Waals surface area contributed by atoms with Crippen LogP contribution in [-0.2, 0) is 4.74 Å². The van der Waals surface area contributed by atoms with Gasteiger partial charge < -0.3 is 19.7 Å². The second kappa shape index (κ2) is 8.57. The normalized spacial score (nSPS) is 22.6. The highest BCUT2D eigenvalue weighted by Crippen LogP contribution is 2.34. The molecule has 3 atom stereocenters. The van der Waals surface area contributed by atoms with Crippen LogP contribution >= 0.6 is 0 Å². The largest absolute Gasteiger partial charge is 0.464 e. The topological polar surface area (TPSA) is 58.9 Å². The number of fused-ring (bicyclic) bond motifs is 1. The molecule has 0 unspecified atom stereocenters. The third kappa shape index (κ3) is 4.25. The third-order valence-electron chi connectivity index (χ3n) is 4.96. The highest BCUT2D eigenvalue weighted by Gasteiger charge is 2.30. The van der Waals surface area contributed by atoms with E-state index in [0.717, 1.165) is 27.6 Å². The zero-order valence-electron chi connectivity index (χ0n) is 15.6. The molecule has 3 aromatic rings. The van der Waals surface area contributed by atoms with Gasteiger partial charge in [0.1, 0.15) is 5.75 Å². The summed E-state index contributed by atoms with van der Waals surface area (Å²) in [6.45, 7) is -0.132. The Morgan fingerprint density at radius 2 is 1.71 bits per heavy atom. The van der Waals surface area contributed by atoms with Crippen molar-refractivity contribution in [3.05, 3.63) is 77.9 Å². The van der Waals surface area contributed by atoms with Gasteiger partial charge in [0.25, 0.3) is 0 Å². The van der Waals surface area contributed by atoms with Gasteiger partial charge in [0.15, 0.2) is 0 Å². The monoisotopic (exact) mass is 376 g/mol. The molecular formula is C24H24O4. The van der Waals surface area contributed by atoms with Crippen molar-refractivity contribution in [2.45, 2.75) is 31.3 Å². The van der Waals surface area contributed by atoms with Gasteiger partial charge in [-0.15, -0.1) is 0 Å². The van der Waals surface area contributed by atoms with E-state index in [4.69, 9.17) is 9.47 Å². The Bertz CT molecular complexity index is 951. The van der Waals surface area contributed by atoms with E-state index >= 15 is 0 Å². The Hall–Kier alpha value is -2.66. The minimum atomic E-state index is -0.601. The molecule has 144 valence electrons. The van der Waals surface area contributed by atoms with Crippen LogP contribution in [0.15, 0.2) is 66.7 Å². The van der Waals surface area contributed by atoms with Gasteiger partial charge >= 0.3 is 0 Å². The number of benzene rings is 3. The smallest absolute Gasteiger partial charge is 0.202 e. The molecule has 1 heterocycles. The molecule has 4 heteroatoms. The van der Waals surface area contributed by atoms with Gasteiger partial charge in [-0.2, -0.15) is 0 Å². The summed E-state index contributed by atoms with van der Waals surface area (Å²) >= 11 is 0. The van der Waals surface area contributed by atoms with Crippen molar-refractivity contribution in [3.8, 4) is 5.75 Å². The maximum absolute atomic E-state index is 10.1. The van der Waals surface area contributed by atoms with E-state index in [1.54, 1.807) is 0 Å². The minimum absolute atomic E-state index is 0.132. The fraction of sp³-hybridized carbons (Fsp3) is 0.250. The summed E-state index contributed by atoms with van der Waals surface area (Å²) in [4.78, 5) is 0. The Kier molecular flexibility index (Phi) is 5.72. The van der Waals surface area contributed by atoms with Crippen molar-refractivity contribution >= 4 is 22.9 Å². The number of hydrogen-bond donors (Lipinski definition) is 2. The lowest BCUT2D eigenvalue weighted by molar-refractivity contribution is -0.184. The van der Waals surface area contributed by atoms with E-state index in [2.05, 4.69) is 6.07 Å². The number of hydrogen-bond acceptors (Lipinski definition) is 4. The number of ether oxygens (including phenoxy) is 2. The maximum atomic E-state index is 10.1. The van der Waals surface area contributed by atoms with Crippen molar-refractivity contribution < 1.29 is 19.7 Å². The molecule has 1 fully saturated rings. The predicted molar refractivity (Wildman–Crippen MR) is 111 cm³/mol. The zero-order valence-corrected chi connectivity index (χ0v) is 15.6. The zero-order chi connectivity index (χ0) is 19.3. The molecule has 0 saturated carbocycles. The molecule has 2 N–H and O–H groups in total. The predicted octanol–water partition coefficient (Wildman–Crippen LogP) is 4.25. The van der Waals surface area contributed by atoms with Crippen LogP contribution < -0.4 is 4.74 Å². The lowest BCUT2D eigenvalue weighted by Crippen LogP contribution is -2.40. The van der Waals surface area contributed by atoms with Gasteiger partial charge in [0.05, 0.1) is 18.8 Å². The molecule has 1 saturated heterocycles. The quantitative estimate of drug-likeness (QED) is 0.654. The van der Waals surface area contributed by atoms with Gasteiger partial charge in [-0.3, -0.25) is 0 Å². The van der Waals surface area contributed by atoms with E-state index < -0.39 is 18.5 Å². The average molecular weight is 376 g/mol. The lowest BCUT2D eigenvalue weighted by Gasteiger charge is -2.32. The van der Waals surface area contributed by atoms with E-state index in [-0.39, 0.29) is 6.61 Å². The molecule has 0 aromatic heterocycles. The molecule has 4 rings (SSSR count). The first-order valence-electron chi connectivity index (χ1n) is 9.59. The Balaban J connectivity index is 1.69. The van der Waals surface area contributed by atoms with Gasteiger partial charge in [0.2, 0.25) is 6.29 Å². The highest BCUT2D eigenvalue weighted by atomic mass is 16.7. The molecule has 0 amide bonds. The van der Waals surface area contributed by atoms with Crippen LogP contribution in [0.1, 0.15) is 24.0 Å². The molecule has 0 aliphatic carbocycles. The summed E-state index contributed by atoms with van der Waals surface area (Å²) < 4.78 is 12.1. The standard InChI is InChI=1S/C24H24O4/c25-16-21-14-20(26)15-23(27-21)28-24-19(11-10-17-6-2-1-3-7-17)13-12-18-8-4-5-9-22(18)24/h1-13,20-21,23,25-26H,14-16H2/b11-10+/t20-,21-,23-/m0/s1. The Morgan fingerprint density at radius 3 is 2.54 bits per heavy atom. The Morgan fingerprint density at radius 1 is 0.929 bits per heavy atom. The molecule has 28 heavy (non-hydrogen) atoms. The van der Waals surface area contributed by atoms with Gasteiger partial charge in [0, 0.05) is 23.8 Å². The second-order valence-corrected chi connectivity index (χ2v) is 7.06. The minimum Gasteiger partial charge on any atom is -0.464 e. The molecule has 1 aliphatic heterocycles. The molecule has 4 nitrogen and oxygen atoms in total. The SMILES string of the molecule is OC[C@@H]1C[C@H](O)C[C@H](Oc2c(/C=C/c3ccccc3)ccc3ccccc23)O1. The van der Waals surface area contributed by atoms with Crippen LogP contribution in [0.4, 0.5) is 0 Å². The fourth-order valence-electron chi connectivity index (χ4n) is 3.55. The summed E-state index contributed by atoms with van der Waals surface area (Å²) in [5.41, 5.74) is 2.04. The number of rotatable bonds is 5. The highest BCUT2D eigenvalue weighted by molar-refractivity contribution is 5.93. The summed E-state index contributed by atoms with van der Waals surface area (Å²) in [6.07, 6.45) is 3.31. The number of aliphatic hydroxyl groups excluding tert-OH is 2. The van der Waals surface area contributed by atoms with E-state index in [0.29, 0.717) is 12.8 Å². The first-order chi connectivity index (χ1) is 13.7. The third-order valence-corrected chi connectivity index (χ3v) is 4.96. The summed E-state index contributed by atoms with van der Waals surface area (Å²) in [5.74, 6) is 0.723. The molecule has 1 aliphatic rings. The molecule has 0 spiro atoms. The molecule has 3 aromatic carbocycles. The lowest BCUT2D eigenvalue weighted by atomic mass is 10.0. The van der Waals surface area contributed by atoms with Crippen molar-refractivity contribution in [1.82, 2.24) is 0 Å². The van der Waals surface area contributed by atoms with Crippen LogP contribution in [0.2, 0.25) is 0 Å². The van der Waals surface area contributed by atoms with Crippen molar-refractivity contribution in [3.63, 3.8) is 0 Å². The van der Waals surface area contributed by atoms with Crippen LogP contribution in [-0.4, -0.2) is 35.3 Å². The summed E-state index contributed by atoms with van der Waals surface area (Å²) in [7, 11) is 0. The van der Waals surface area contributed by atoms with Crippen molar-refractivity contribution in [2.24, 2.45) is 0 Å². The average Bonchev–Trinajstić information content (AvgIpc) is 2.73. The van der Waals surface area contributed by atoms with Crippen LogP contribution in [0, 0.1) is 0 Å². The summed E-state index contributed by atoms with van der Waals surface area (Å²) in [5, 5.41) is 21.6. The molecule has 0 radical (unpaired) electrons. The van der Waals surface area contributed by atoms with Crippen LogP contribution in [0.3, 0.4) is 0 Å². The van der Waals surface area contributed by atoms with E-state index in [1.807, 2.05) is 72.8 Å². The van der Waals surface area contributed by atoms with Crippen molar-refractivity contribution in [2.75, 3.05) is 6.61 Å². The molecular weight excluding hydrogens is 352 g/mol. The van der Waals surface area contributed by atoms with E-state index in [9.17, 15) is 10.2 Å². The van der Waals surface area contributed by atoms with Crippen molar-refractivity contribution in [1.29, 1.82) is 0 Å². The van der Waals surface area contributed by atoms with Crippen LogP contribution in [0.25, 0.3) is 22.9 Å². The van der Waals surface area contributed by atoms with Gasteiger partial charge in [-0.25, -0.2) is 0 Å². The first-order valence-corrected chi connectivity index (χ1v) is 9.59. The maximum Gasteiger partial charge on any atom is 0.202 e. The summed E-state index contributed by atoms with van der Waals surface area (Å²) in [6, 6.07) is 22.2. The van der Waals surface area contributed by atoms with E-state index in [1.165, 1.54) is 0 Å². The van der Waals surface area contributed by atoms with Crippen LogP contribution in [0.5, 0.6) is 5.75 Å². The Labute approximate surface area is 164 Å². The number of aliphatic hydroxyl groups is 2. The fourth-order valence-corrected chi connectivity index (χ4v) is 3.55. The molecule has 0 bridgehead atoms. The van der Waals surface area contributed by atoms with Gasteiger partial charge in [-0.05, 0) is 10.9 Å². The second-order valence-electron chi connectivity index (χ2n) is 7.06. The van der Waals surface area contributed by atoms with Gasteiger partial charge in [-0.1, -0.05) is 78.9 Å².